The molecule has 0 fully saturated rings. The molecule has 4 nitrogen and oxygen atoms in total. The molecule has 6 heteroatoms. The Labute approximate surface area is 126 Å². The van der Waals surface area contributed by atoms with E-state index in [0.29, 0.717) is 16.2 Å². The number of aliphatic hydroxyl groups excluding tert-OH is 1. The molecule has 0 aliphatic rings. The van der Waals surface area contributed by atoms with Crippen molar-refractivity contribution in [2.24, 2.45) is 0 Å². The van der Waals surface area contributed by atoms with Crippen molar-refractivity contribution >= 4 is 17.2 Å². The van der Waals surface area contributed by atoms with Crippen LogP contribution in [0.3, 0.4) is 0 Å². The van der Waals surface area contributed by atoms with Crippen LogP contribution in [-0.4, -0.2) is 24.7 Å². The summed E-state index contributed by atoms with van der Waals surface area (Å²) >= 11 is 1.33. The highest BCUT2D eigenvalue weighted by Crippen LogP contribution is 2.28. The van der Waals surface area contributed by atoms with Gasteiger partial charge in [-0.25, -0.2) is 4.39 Å². The summed E-state index contributed by atoms with van der Waals surface area (Å²) in [6.45, 7) is 1.93. The molecule has 0 aliphatic carbocycles. The summed E-state index contributed by atoms with van der Waals surface area (Å²) in [5, 5.41) is 12.6. The zero-order valence-corrected chi connectivity index (χ0v) is 12.5. The van der Waals surface area contributed by atoms with Gasteiger partial charge in [0.25, 0.3) is 5.91 Å². The van der Waals surface area contributed by atoms with Crippen LogP contribution in [-0.2, 0) is 0 Å². The number of thiophene rings is 1. The monoisotopic (exact) mass is 309 g/mol. The highest BCUT2D eigenvalue weighted by Gasteiger charge is 2.17. The molecule has 0 bridgehead atoms. The Balaban J connectivity index is 1.98. The van der Waals surface area contributed by atoms with E-state index >= 15 is 0 Å². The van der Waals surface area contributed by atoms with Crippen LogP contribution < -0.4 is 10.1 Å². The van der Waals surface area contributed by atoms with Gasteiger partial charge < -0.3 is 15.2 Å². The lowest BCUT2D eigenvalue weighted by atomic mass is 10.1. The SMILES string of the molecule is COc1cc(C)sc1C(=O)NCC(O)c1ccc(F)cc1. The fourth-order valence-electron chi connectivity index (χ4n) is 1.87. The van der Waals surface area contributed by atoms with E-state index in [1.54, 1.807) is 6.07 Å². The van der Waals surface area contributed by atoms with Gasteiger partial charge in [-0.2, -0.15) is 0 Å². The van der Waals surface area contributed by atoms with Gasteiger partial charge in [0.1, 0.15) is 16.4 Å². The fourth-order valence-corrected chi connectivity index (χ4v) is 2.77. The van der Waals surface area contributed by atoms with Gasteiger partial charge in [-0.15, -0.1) is 11.3 Å². The molecule has 1 heterocycles. The van der Waals surface area contributed by atoms with E-state index in [1.165, 1.54) is 42.7 Å². The van der Waals surface area contributed by atoms with Gasteiger partial charge in [-0.05, 0) is 30.7 Å². The molecular weight excluding hydrogens is 293 g/mol. The van der Waals surface area contributed by atoms with Crippen LogP contribution in [0.25, 0.3) is 0 Å². The molecule has 0 saturated carbocycles. The molecule has 0 saturated heterocycles. The normalized spacial score (nSPS) is 12.0. The molecular formula is C15H16FNO3S. The molecule has 0 spiro atoms. The largest absolute Gasteiger partial charge is 0.495 e. The van der Waals surface area contributed by atoms with Gasteiger partial charge in [0, 0.05) is 11.4 Å². The number of ether oxygens (including phenoxy) is 1. The van der Waals surface area contributed by atoms with E-state index in [-0.39, 0.29) is 18.3 Å². The van der Waals surface area contributed by atoms with Crippen LogP contribution in [0.1, 0.15) is 26.2 Å². The number of carbonyl (C=O) groups excluding carboxylic acids is 1. The number of benzene rings is 1. The van der Waals surface area contributed by atoms with Crippen LogP contribution in [0, 0.1) is 12.7 Å². The standard InChI is InChI=1S/C15H16FNO3S/c1-9-7-13(20-2)14(21-9)15(19)17-8-12(18)10-3-5-11(16)6-4-10/h3-7,12,18H,8H2,1-2H3,(H,17,19). The third-order valence-electron chi connectivity index (χ3n) is 2.96. The van der Waals surface area contributed by atoms with Gasteiger partial charge in [0.05, 0.1) is 13.2 Å². The number of hydrogen-bond donors (Lipinski definition) is 2. The summed E-state index contributed by atoms with van der Waals surface area (Å²) in [7, 11) is 1.51. The molecule has 1 unspecified atom stereocenters. The third kappa shape index (κ3) is 3.80. The highest BCUT2D eigenvalue weighted by molar-refractivity contribution is 7.14. The van der Waals surface area contributed by atoms with Crippen molar-refractivity contribution in [1.29, 1.82) is 0 Å². The Morgan fingerprint density at radius 1 is 1.43 bits per heavy atom. The summed E-state index contributed by atoms with van der Waals surface area (Å²) in [4.78, 5) is 13.5. The van der Waals surface area contributed by atoms with Crippen molar-refractivity contribution in [2.75, 3.05) is 13.7 Å². The predicted molar refractivity (Wildman–Crippen MR) is 79.3 cm³/mol. The Hall–Kier alpha value is -1.92. The van der Waals surface area contributed by atoms with Crippen LogP contribution in [0.4, 0.5) is 4.39 Å². The van der Waals surface area contributed by atoms with Gasteiger partial charge in [-0.1, -0.05) is 12.1 Å². The Kier molecular flexibility index (Phi) is 4.93. The molecule has 1 aromatic carbocycles. The first kappa shape index (κ1) is 15.5. The molecule has 1 atom stereocenters. The van der Waals surface area contributed by atoms with Gasteiger partial charge in [0.15, 0.2) is 0 Å². The average Bonchev–Trinajstić information content (AvgIpc) is 2.86. The van der Waals surface area contributed by atoms with E-state index in [1.807, 2.05) is 6.92 Å². The van der Waals surface area contributed by atoms with Crippen LogP contribution in [0.15, 0.2) is 30.3 Å². The maximum atomic E-state index is 12.8. The third-order valence-corrected chi connectivity index (χ3v) is 3.99. The number of rotatable bonds is 5. The van der Waals surface area contributed by atoms with Crippen molar-refractivity contribution in [3.63, 3.8) is 0 Å². The molecule has 0 aliphatic heterocycles. The Morgan fingerprint density at radius 3 is 2.71 bits per heavy atom. The van der Waals surface area contributed by atoms with E-state index in [0.717, 1.165) is 4.88 Å². The first-order chi connectivity index (χ1) is 10.0. The summed E-state index contributed by atoms with van der Waals surface area (Å²) in [5.74, 6) is -0.147. The number of methoxy groups -OCH3 is 1. The summed E-state index contributed by atoms with van der Waals surface area (Å²) in [5.41, 5.74) is 0.547. The Morgan fingerprint density at radius 2 is 2.10 bits per heavy atom. The minimum atomic E-state index is -0.887. The number of aryl methyl sites for hydroxylation is 1. The molecule has 2 rings (SSSR count). The molecule has 2 aromatic rings. The van der Waals surface area contributed by atoms with Crippen LogP contribution in [0.2, 0.25) is 0 Å². The molecule has 0 radical (unpaired) electrons. The topological polar surface area (TPSA) is 58.6 Å². The fraction of sp³-hybridized carbons (Fsp3) is 0.267. The van der Waals surface area contributed by atoms with Crippen molar-refractivity contribution in [3.8, 4) is 5.75 Å². The number of aliphatic hydroxyl groups is 1. The van der Waals surface area contributed by atoms with E-state index in [4.69, 9.17) is 4.74 Å². The summed E-state index contributed by atoms with van der Waals surface area (Å²) < 4.78 is 17.9. The second kappa shape index (κ2) is 6.69. The molecule has 1 amide bonds. The van der Waals surface area contributed by atoms with E-state index in [2.05, 4.69) is 5.32 Å². The number of nitrogens with one attached hydrogen (secondary N) is 1. The van der Waals surface area contributed by atoms with Crippen molar-refractivity contribution < 1.29 is 19.0 Å². The first-order valence-corrected chi connectivity index (χ1v) is 7.19. The Bertz CT molecular complexity index is 624. The van der Waals surface area contributed by atoms with Gasteiger partial charge >= 0.3 is 0 Å². The quantitative estimate of drug-likeness (QED) is 0.893. The van der Waals surface area contributed by atoms with E-state index in [9.17, 15) is 14.3 Å². The van der Waals surface area contributed by atoms with Crippen molar-refractivity contribution in [2.45, 2.75) is 13.0 Å². The molecule has 1 aromatic heterocycles. The summed E-state index contributed by atoms with van der Waals surface area (Å²) in [6, 6.07) is 7.30. The van der Waals surface area contributed by atoms with Gasteiger partial charge in [0.2, 0.25) is 0 Å². The van der Waals surface area contributed by atoms with Crippen LogP contribution >= 0.6 is 11.3 Å². The lowest BCUT2D eigenvalue weighted by Gasteiger charge is -2.12. The molecule has 112 valence electrons. The number of amides is 1. The second-order valence-corrected chi connectivity index (χ2v) is 5.79. The zero-order valence-electron chi connectivity index (χ0n) is 11.7. The van der Waals surface area contributed by atoms with E-state index < -0.39 is 6.10 Å². The highest BCUT2D eigenvalue weighted by atomic mass is 32.1. The number of hydrogen-bond acceptors (Lipinski definition) is 4. The minimum Gasteiger partial charge on any atom is -0.495 e. The average molecular weight is 309 g/mol. The second-order valence-electron chi connectivity index (χ2n) is 4.53. The number of carbonyl (C=O) groups is 1. The summed E-state index contributed by atoms with van der Waals surface area (Å²) in [6.07, 6.45) is -0.887. The van der Waals surface area contributed by atoms with Crippen molar-refractivity contribution in [3.05, 3.63) is 51.5 Å². The molecule has 21 heavy (non-hydrogen) atoms. The first-order valence-electron chi connectivity index (χ1n) is 6.37. The number of halogens is 1. The maximum absolute atomic E-state index is 12.8. The zero-order chi connectivity index (χ0) is 15.4. The predicted octanol–water partition coefficient (Wildman–Crippen LogP) is 2.67. The molecule has 2 N–H and O–H groups in total. The lowest BCUT2D eigenvalue weighted by molar-refractivity contribution is 0.0917. The maximum Gasteiger partial charge on any atom is 0.265 e. The van der Waals surface area contributed by atoms with Crippen LogP contribution in [0.5, 0.6) is 5.75 Å². The van der Waals surface area contributed by atoms with Gasteiger partial charge in [-0.3, -0.25) is 4.79 Å². The smallest absolute Gasteiger partial charge is 0.265 e. The lowest BCUT2D eigenvalue weighted by Crippen LogP contribution is -2.28. The van der Waals surface area contributed by atoms with Crippen molar-refractivity contribution in [1.82, 2.24) is 5.32 Å². The minimum absolute atomic E-state index is 0.0462.